The second kappa shape index (κ2) is 7.84. The van der Waals surface area contributed by atoms with Gasteiger partial charge in [0.15, 0.2) is 0 Å². The van der Waals surface area contributed by atoms with Crippen molar-refractivity contribution in [2.45, 2.75) is 26.2 Å². The Hall–Kier alpha value is -1.40. The van der Waals surface area contributed by atoms with Crippen LogP contribution in [0.2, 0.25) is 0 Å². The van der Waals surface area contributed by atoms with Gasteiger partial charge >= 0.3 is 0 Å². The zero-order valence-corrected chi connectivity index (χ0v) is 11.0. The summed E-state index contributed by atoms with van der Waals surface area (Å²) in [6.07, 6.45) is 2.31. The molecule has 6 nitrogen and oxygen atoms in total. The lowest BCUT2D eigenvalue weighted by molar-refractivity contribution is 0.0922. The average molecular weight is 254 g/mol. The first-order valence-corrected chi connectivity index (χ1v) is 6.19. The maximum Gasteiger partial charge on any atom is 0.134 e. The third-order valence-corrected chi connectivity index (χ3v) is 2.49. The number of aromatic nitrogens is 2. The lowest BCUT2D eigenvalue weighted by atomic mass is 10.0. The van der Waals surface area contributed by atoms with Gasteiger partial charge in [-0.15, -0.1) is 0 Å². The van der Waals surface area contributed by atoms with Crippen LogP contribution < -0.4 is 11.1 Å². The van der Waals surface area contributed by atoms with Crippen LogP contribution in [0.25, 0.3) is 0 Å². The van der Waals surface area contributed by atoms with E-state index >= 15 is 0 Å². The smallest absolute Gasteiger partial charge is 0.134 e. The molecule has 0 aliphatic carbocycles. The molecule has 0 aromatic carbocycles. The van der Waals surface area contributed by atoms with Crippen molar-refractivity contribution in [2.24, 2.45) is 0 Å². The number of nitrogen functional groups attached to an aromatic ring is 1. The van der Waals surface area contributed by atoms with Crippen LogP contribution in [0, 0.1) is 0 Å². The summed E-state index contributed by atoms with van der Waals surface area (Å²) in [4.78, 5) is 8.22. The number of nitrogens with one attached hydrogen (secondary N) is 1. The Bertz CT molecular complexity index is 358. The Morgan fingerprint density at radius 2 is 2.17 bits per heavy atom. The van der Waals surface area contributed by atoms with E-state index in [2.05, 4.69) is 29.1 Å². The fourth-order valence-electron chi connectivity index (χ4n) is 1.67. The van der Waals surface area contributed by atoms with E-state index in [0.717, 1.165) is 24.3 Å². The SMILES string of the molecule is CC(C)c1c(N)ncnc1NCCCOCCO. The molecule has 1 rings (SSSR count). The minimum atomic E-state index is 0.0629. The summed E-state index contributed by atoms with van der Waals surface area (Å²) < 4.78 is 5.17. The maximum absolute atomic E-state index is 8.56. The molecule has 0 saturated carbocycles. The summed E-state index contributed by atoms with van der Waals surface area (Å²) in [7, 11) is 0. The van der Waals surface area contributed by atoms with Gasteiger partial charge in [-0.1, -0.05) is 13.8 Å². The van der Waals surface area contributed by atoms with Crippen LogP contribution in [0.15, 0.2) is 6.33 Å². The average Bonchev–Trinajstić information content (AvgIpc) is 2.33. The quantitative estimate of drug-likeness (QED) is 0.599. The molecule has 6 heteroatoms. The third-order valence-electron chi connectivity index (χ3n) is 2.49. The first kappa shape index (κ1) is 14.7. The monoisotopic (exact) mass is 254 g/mol. The Balaban J connectivity index is 2.44. The molecule has 0 spiro atoms. The van der Waals surface area contributed by atoms with E-state index in [1.54, 1.807) is 0 Å². The molecule has 1 aromatic heterocycles. The topological polar surface area (TPSA) is 93.3 Å². The summed E-state index contributed by atoms with van der Waals surface area (Å²) in [5.41, 5.74) is 6.80. The summed E-state index contributed by atoms with van der Waals surface area (Å²) >= 11 is 0. The van der Waals surface area contributed by atoms with Crippen LogP contribution in [0.5, 0.6) is 0 Å². The van der Waals surface area contributed by atoms with E-state index in [-0.39, 0.29) is 12.5 Å². The van der Waals surface area contributed by atoms with Crippen LogP contribution in [0.1, 0.15) is 31.7 Å². The minimum absolute atomic E-state index is 0.0629. The van der Waals surface area contributed by atoms with Crippen molar-refractivity contribution in [3.8, 4) is 0 Å². The van der Waals surface area contributed by atoms with Gasteiger partial charge in [-0.3, -0.25) is 0 Å². The molecule has 0 atom stereocenters. The molecule has 0 aliphatic rings. The highest BCUT2D eigenvalue weighted by Crippen LogP contribution is 2.25. The van der Waals surface area contributed by atoms with Crippen molar-refractivity contribution in [3.63, 3.8) is 0 Å². The summed E-state index contributed by atoms with van der Waals surface area (Å²) in [5, 5.41) is 11.8. The normalized spacial score (nSPS) is 10.9. The second-order valence-corrected chi connectivity index (χ2v) is 4.29. The van der Waals surface area contributed by atoms with Gasteiger partial charge in [0.1, 0.15) is 18.0 Å². The van der Waals surface area contributed by atoms with E-state index in [4.69, 9.17) is 15.6 Å². The summed E-state index contributed by atoms with van der Waals surface area (Å²) in [6, 6.07) is 0. The van der Waals surface area contributed by atoms with Gasteiger partial charge < -0.3 is 20.9 Å². The van der Waals surface area contributed by atoms with Crippen molar-refractivity contribution >= 4 is 11.6 Å². The highest BCUT2D eigenvalue weighted by Gasteiger charge is 2.12. The lowest BCUT2D eigenvalue weighted by Gasteiger charge is -2.14. The zero-order valence-electron chi connectivity index (χ0n) is 11.0. The summed E-state index contributed by atoms with van der Waals surface area (Å²) in [6.45, 7) is 5.94. The summed E-state index contributed by atoms with van der Waals surface area (Å²) in [5.74, 6) is 1.60. The van der Waals surface area contributed by atoms with Crippen molar-refractivity contribution in [1.82, 2.24) is 9.97 Å². The molecule has 1 aromatic rings. The number of ether oxygens (including phenoxy) is 1. The molecule has 18 heavy (non-hydrogen) atoms. The van der Waals surface area contributed by atoms with E-state index in [1.807, 2.05) is 0 Å². The third kappa shape index (κ3) is 4.46. The van der Waals surface area contributed by atoms with Crippen LogP contribution >= 0.6 is 0 Å². The molecule has 0 bridgehead atoms. The molecule has 4 N–H and O–H groups in total. The predicted octanol–water partition coefficient (Wildman–Crippen LogP) is 0.993. The number of hydrogen-bond acceptors (Lipinski definition) is 6. The molecular formula is C12H22N4O2. The van der Waals surface area contributed by atoms with Gasteiger partial charge in [0.25, 0.3) is 0 Å². The zero-order chi connectivity index (χ0) is 13.4. The Kier molecular flexibility index (Phi) is 6.38. The number of anilines is 2. The lowest BCUT2D eigenvalue weighted by Crippen LogP contribution is -2.12. The standard InChI is InChI=1S/C12H22N4O2/c1-9(2)10-11(13)15-8-16-12(10)14-4-3-6-18-7-5-17/h8-9,17H,3-7H2,1-2H3,(H3,13,14,15,16). The molecule has 102 valence electrons. The van der Waals surface area contributed by atoms with Gasteiger partial charge in [0.2, 0.25) is 0 Å². The molecular weight excluding hydrogens is 232 g/mol. The fraction of sp³-hybridized carbons (Fsp3) is 0.667. The number of aliphatic hydroxyl groups excluding tert-OH is 1. The van der Waals surface area contributed by atoms with E-state index < -0.39 is 0 Å². The maximum atomic E-state index is 8.56. The number of aliphatic hydroxyl groups is 1. The Morgan fingerprint density at radius 3 is 2.83 bits per heavy atom. The first-order chi connectivity index (χ1) is 8.66. The highest BCUT2D eigenvalue weighted by molar-refractivity contribution is 5.56. The van der Waals surface area contributed by atoms with Gasteiger partial charge in [0, 0.05) is 18.7 Å². The van der Waals surface area contributed by atoms with Crippen LogP contribution in [0.3, 0.4) is 0 Å². The minimum Gasteiger partial charge on any atom is -0.394 e. The van der Waals surface area contributed by atoms with Crippen molar-refractivity contribution in [2.75, 3.05) is 37.4 Å². The number of hydrogen-bond donors (Lipinski definition) is 3. The van der Waals surface area contributed by atoms with Crippen LogP contribution in [-0.4, -0.2) is 41.4 Å². The molecule has 0 radical (unpaired) electrons. The van der Waals surface area contributed by atoms with Gasteiger partial charge in [-0.25, -0.2) is 9.97 Å². The van der Waals surface area contributed by atoms with Crippen LogP contribution in [0.4, 0.5) is 11.6 Å². The molecule has 0 aliphatic heterocycles. The molecule has 0 amide bonds. The number of nitrogens with zero attached hydrogens (tertiary/aromatic N) is 2. The fourth-order valence-corrected chi connectivity index (χ4v) is 1.67. The van der Waals surface area contributed by atoms with Crippen molar-refractivity contribution in [1.29, 1.82) is 0 Å². The Labute approximate surface area is 108 Å². The molecule has 1 heterocycles. The number of rotatable bonds is 8. The van der Waals surface area contributed by atoms with E-state index in [9.17, 15) is 0 Å². The predicted molar refractivity (Wildman–Crippen MR) is 71.5 cm³/mol. The molecule has 0 unspecified atom stereocenters. The van der Waals surface area contributed by atoms with Crippen molar-refractivity contribution < 1.29 is 9.84 Å². The second-order valence-electron chi connectivity index (χ2n) is 4.29. The Morgan fingerprint density at radius 1 is 1.39 bits per heavy atom. The number of nitrogens with two attached hydrogens (primary N) is 1. The first-order valence-electron chi connectivity index (χ1n) is 6.19. The largest absolute Gasteiger partial charge is 0.394 e. The van der Waals surface area contributed by atoms with Gasteiger partial charge in [0.05, 0.1) is 13.2 Å². The van der Waals surface area contributed by atoms with Gasteiger partial charge in [-0.2, -0.15) is 0 Å². The van der Waals surface area contributed by atoms with Crippen LogP contribution in [-0.2, 0) is 4.74 Å². The molecule has 0 saturated heterocycles. The van der Waals surface area contributed by atoms with Gasteiger partial charge in [-0.05, 0) is 12.3 Å². The van der Waals surface area contributed by atoms with E-state index in [0.29, 0.717) is 19.0 Å². The molecule has 0 fully saturated rings. The van der Waals surface area contributed by atoms with Crippen molar-refractivity contribution in [3.05, 3.63) is 11.9 Å². The van der Waals surface area contributed by atoms with E-state index in [1.165, 1.54) is 6.33 Å². The highest BCUT2D eigenvalue weighted by atomic mass is 16.5.